The van der Waals surface area contributed by atoms with Crippen molar-refractivity contribution in [3.63, 3.8) is 0 Å². The number of nitrogens with zero attached hydrogens (tertiary/aromatic N) is 3. The first-order chi connectivity index (χ1) is 14.7. The Morgan fingerprint density at radius 3 is 2.67 bits per heavy atom. The zero-order valence-electron chi connectivity index (χ0n) is 17.1. The third-order valence-electron chi connectivity index (χ3n) is 5.64. The van der Waals surface area contributed by atoms with Gasteiger partial charge >= 0.3 is 0 Å². The van der Waals surface area contributed by atoms with E-state index in [1.165, 1.54) is 0 Å². The Labute approximate surface area is 176 Å². The number of pyridine rings is 1. The van der Waals surface area contributed by atoms with Crippen LogP contribution < -0.4 is 25.2 Å². The van der Waals surface area contributed by atoms with Crippen molar-refractivity contribution in [1.29, 1.82) is 0 Å². The van der Waals surface area contributed by atoms with Gasteiger partial charge in [-0.05, 0) is 24.6 Å². The Morgan fingerprint density at radius 2 is 1.93 bits per heavy atom. The molecule has 3 heterocycles. The minimum Gasteiger partial charge on any atom is -0.495 e. The molecule has 0 aliphatic carbocycles. The highest BCUT2D eigenvalue weighted by Crippen LogP contribution is 2.29. The Hall–Kier alpha value is -3.29. The number of hydrogen-bond acceptors (Lipinski definition) is 6. The predicted octanol–water partition coefficient (Wildman–Crippen LogP) is 1.31. The summed E-state index contributed by atoms with van der Waals surface area (Å²) in [5, 5.41) is 5.65. The molecule has 8 heteroatoms. The summed E-state index contributed by atoms with van der Waals surface area (Å²) in [5.74, 6) is 1.57. The molecule has 0 saturated carbocycles. The Bertz CT molecular complexity index is 911. The number of hydrogen-bond donors (Lipinski definition) is 2. The number of carbonyl (C=O) groups is 2. The first-order valence-electron chi connectivity index (χ1n) is 10.3. The van der Waals surface area contributed by atoms with Crippen molar-refractivity contribution < 1.29 is 14.3 Å². The maximum Gasteiger partial charge on any atom is 0.242 e. The van der Waals surface area contributed by atoms with Crippen molar-refractivity contribution >= 4 is 23.3 Å². The lowest BCUT2D eigenvalue weighted by Crippen LogP contribution is -2.47. The van der Waals surface area contributed by atoms with E-state index in [-0.39, 0.29) is 11.8 Å². The lowest BCUT2D eigenvalue weighted by atomic mass is 10.1. The molecule has 2 fully saturated rings. The van der Waals surface area contributed by atoms with Gasteiger partial charge in [-0.15, -0.1) is 0 Å². The van der Waals surface area contributed by atoms with Crippen LogP contribution in [0.1, 0.15) is 18.4 Å². The van der Waals surface area contributed by atoms with Gasteiger partial charge in [-0.1, -0.05) is 18.2 Å². The summed E-state index contributed by atoms with van der Waals surface area (Å²) in [7, 11) is 1.69. The van der Waals surface area contributed by atoms with E-state index < -0.39 is 6.04 Å². The minimum absolute atomic E-state index is 0.0647. The van der Waals surface area contributed by atoms with Gasteiger partial charge in [-0.2, -0.15) is 0 Å². The number of methoxy groups -OCH3 is 1. The summed E-state index contributed by atoms with van der Waals surface area (Å²) in [6.45, 7) is 3.76. The van der Waals surface area contributed by atoms with Crippen LogP contribution in [0.3, 0.4) is 0 Å². The molecule has 8 nitrogen and oxygen atoms in total. The molecular formula is C22H27N5O3. The number of rotatable bonds is 6. The van der Waals surface area contributed by atoms with Crippen LogP contribution in [0.15, 0.2) is 42.6 Å². The average molecular weight is 409 g/mol. The highest BCUT2D eigenvalue weighted by atomic mass is 16.5. The lowest BCUT2D eigenvalue weighted by molar-refractivity contribution is -0.125. The monoisotopic (exact) mass is 409 g/mol. The summed E-state index contributed by atoms with van der Waals surface area (Å²) < 4.78 is 5.50. The molecule has 2 aromatic rings. The minimum atomic E-state index is -0.429. The van der Waals surface area contributed by atoms with Crippen molar-refractivity contribution in [2.24, 2.45) is 0 Å². The van der Waals surface area contributed by atoms with Crippen molar-refractivity contribution in [3.8, 4) is 5.75 Å². The van der Waals surface area contributed by atoms with Gasteiger partial charge in [0.2, 0.25) is 11.8 Å². The molecular weight excluding hydrogens is 382 g/mol. The Balaban J connectivity index is 1.38. The number of carbonyl (C=O) groups excluding carboxylic acids is 2. The van der Waals surface area contributed by atoms with Gasteiger partial charge in [0.15, 0.2) is 0 Å². The maximum atomic E-state index is 12.3. The second-order valence-corrected chi connectivity index (χ2v) is 7.51. The van der Waals surface area contributed by atoms with Crippen LogP contribution in [-0.4, -0.2) is 56.1 Å². The number of anilines is 2. The number of ether oxygens (including phenoxy) is 1. The van der Waals surface area contributed by atoms with Gasteiger partial charge < -0.3 is 25.2 Å². The number of benzene rings is 1. The largest absolute Gasteiger partial charge is 0.495 e. The molecule has 2 N–H and O–H groups in total. The second kappa shape index (κ2) is 9.02. The Kier molecular flexibility index (Phi) is 6.02. The molecule has 1 aromatic heterocycles. The third kappa shape index (κ3) is 4.32. The first kappa shape index (κ1) is 20.0. The van der Waals surface area contributed by atoms with E-state index >= 15 is 0 Å². The normalized spacial score (nSPS) is 18.8. The summed E-state index contributed by atoms with van der Waals surface area (Å²) >= 11 is 0. The van der Waals surface area contributed by atoms with Crippen LogP contribution in [0, 0.1) is 0 Å². The van der Waals surface area contributed by atoms with E-state index in [0.29, 0.717) is 19.4 Å². The van der Waals surface area contributed by atoms with Crippen LogP contribution in [0.5, 0.6) is 5.75 Å². The van der Waals surface area contributed by atoms with Gasteiger partial charge in [0, 0.05) is 50.9 Å². The zero-order chi connectivity index (χ0) is 20.9. The van der Waals surface area contributed by atoms with E-state index in [1.54, 1.807) is 13.3 Å². The first-order valence-corrected chi connectivity index (χ1v) is 10.3. The number of piperazine rings is 1. The molecule has 0 radical (unpaired) electrons. The van der Waals surface area contributed by atoms with Gasteiger partial charge in [0.1, 0.15) is 17.6 Å². The quantitative estimate of drug-likeness (QED) is 0.748. The predicted molar refractivity (Wildman–Crippen MR) is 115 cm³/mol. The Morgan fingerprint density at radius 1 is 1.17 bits per heavy atom. The molecule has 2 amide bonds. The molecule has 0 spiro atoms. The molecule has 1 atom stereocenters. The number of para-hydroxylation sites is 2. The van der Waals surface area contributed by atoms with Crippen LogP contribution in [0.25, 0.3) is 0 Å². The van der Waals surface area contributed by atoms with Crippen molar-refractivity contribution in [2.45, 2.75) is 25.4 Å². The molecule has 2 aliphatic heterocycles. The fraction of sp³-hybridized carbons (Fsp3) is 0.409. The van der Waals surface area contributed by atoms with E-state index in [9.17, 15) is 9.59 Å². The summed E-state index contributed by atoms with van der Waals surface area (Å²) in [4.78, 5) is 32.8. The van der Waals surface area contributed by atoms with Crippen molar-refractivity contribution in [1.82, 2.24) is 15.6 Å². The molecule has 2 saturated heterocycles. The van der Waals surface area contributed by atoms with E-state index in [0.717, 1.165) is 49.0 Å². The summed E-state index contributed by atoms with van der Waals surface area (Å²) in [6.07, 6.45) is 2.74. The van der Waals surface area contributed by atoms with Crippen molar-refractivity contribution in [3.05, 3.63) is 48.2 Å². The topological polar surface area (TPSA) is 86.8 Å². The zero-order valence-corrected chi connectivity index (χ0v) is 17.1. The number of nitrogens with one attached hydrogen (secondary N) is 2. The highest BCUT2D eigenvalue weighted by Gasteiger charge is 2.27. The molecule has 30 heavy (non-hydrogen) atoms. The van der Waals surface area contributed by atoms with Gasteiger partial charge in [0.25, 0.3) is 0 Å². The average Bonchev–Trinajstić information content (AvgIpc) is 3.24. The fourth-order valence-corrected chi connectivity index (χ4v) is 4.02. The summed E-state index contributed by atoms with van der Waals surface area (Å²) in [5.41, 5.74) is 2.08. The number of amides is 2. The van der Waals surface area contributed by atoms with Gasteiger partial charge in [-0.25, -0.2) is 4.98 Å². The van der Waals surface area contributed by atoms with E-state index in [1.807, 2.05) is 30.3 Å². The standard InChI is InChI=1S/C22H27N5O3/c1-30-19-7-3-2-6-18(19)26-11-13-27(14-12-26)21-16(5-4-10-23-21)15-24-22(29)17-8-9-20(28)25-17/h2-7,10,17H,8-9,11-15H2,1H3,(H,24,29)(H,25,28)/t17-/m0/s1. The third-order valence-corrected chi connectivity index (χ3v) is 5.64. The summed E-state index contributed by atoms with van der Waals surface area (Å²) in [6, 6.07) is 11.5. The molecule has 2 aliphatic rings. The SMILES string of the molecule is COc1ccccc1N1CCN(c2ncccc2CNC(=O)[C@@H]2CCC(=O)N2)CC1. The van der Waals surface area contributed by atoms with Gasteiger partial charge in [-0.3, -0.25) is 9.59 Å². The molecule has 4 rings (SSSR count). The van der Waals surface area contributed by atoms with Gasteiger partial charge in [0.05, 0.1) is 12.8 Å². The van der Waals surface area contributed by atoms with E-state index in [4.69, 9.17) is 4.74 Å². The van der Waals surface area contributed by atoms with Crippen molar-refractivity contribution in [2.75, 3.05) is 43.1 Å². The molecule has 158 valence electrons. The molecule has 0 unspecified atom stereocenters. The van der Waals surface area contributed by atoms with Crippen LogP contribution >= 0.6 is 0 Å². The van der Waals surface area contributed by atoms with Crippen LogP contribution in [0.2, 0.25) is 0 Å². The highest BCUT2D eigenvalue weighted by molar-refractivity contribution is 5.90. The van der Waals surface area contributed by atoms with Crippen LogP contribution in [0.4, 0.5) is 11.5 Å². The number of aromatic nitrogens is 1. The van der Waals surface area contributed by atoms with Crippen LogP contribution in [-0.2, 0) is 16.1 Å². The second-order valence-electron chi connectivity index (χ2n) is 7.51. The lowest BCUT2D eigenvalue weighted by Gasteiger charge is -2.37. The molecule has 1 aromatic carbocycles. The van der Waals surface area contributed by atoms with E-state index in [2.05, 4.69) is 31.5 Å². The maximum absolute atomic E-state index is 12.3. The smallest absolute Gasteiger partial charge is 0.242 e. The molecule has 0 bridgehead atoms. The fourth-order valence-electron chi connectivity index (χ4n) is 4.02.